The lowest BCUT2D eigenvalue weighted by molar-refractivity contribution is 0.0983. The molecule has 0 unspecified atom stereocenters. The fraction of sp³-hybridized carbons (Fsp3) is 0.217. The molecule has 0 bridgehead atoms. The van der Waals surface area contributed by atoms with Gasteiger partial charge in [0.1, 0.15) is 5.69 Å². The molecular formula is C23H25N3O3. The molecule has 0 fully saturated rings. The zero-order valence-corrected chi connectivity index (χ0v) is 17.1. The van der Waals surface area contributed by atoms with Gasteiger partial charge in [-0.25, -0.2) is 0 Å². The number of ether oxygens (including phenoxy) is 2. The number of aromatic nitrogens is 1. The first-order valence-corrected chi connectivity index (χ1v) is 9.39. The number of nitrogens with zero attached hydrogens (tertiary/aromatic N) is 2. The summed E-state index contributed by atoms with van der Waals surface area (Å²) in [6, 6.07) is 17.0. The molecular weight excluding hydrogens is 366 g/mol. The summed E-state index contributed by atoms with van der Waals surface area (Å²) in [5.74, 6) is 1.13. The number of hydrogen-bond donors (Lipinski definition) is 1. The minimum atomic E-state index is -0.144. The van der Waals surface area contributed by atoms with E-state index in [1.165, 1.54) is 0 Å². The number of carbonyl (C=O) groups is 1. The summed E-state index contributed by atoms with van der Waals surface area (Å²) in [6.07, 6.45) is 1.63. The molecule has 0 aliphatic rings. The second-order valence-electron chi connectivity index (χ2n) is 6.51. The van der Waals surface area contributed by atoms with Crippen molar-refractivity contribution in [3.63, 3.8) is 0 Å². The van der Waals surface area contributed by atoms with Crippen molar-refractivity contribution in [2.75, 3.05) is 31.0 Å². The van der Waals surface area contributed by atoms with Crippen LogP contribution in [0.5, 0.6) is 11.5 Å². The quantitative estimate of drug-likeness (QED) is 0.626. The van der Waals surface area contributed by atoms with Crippen molar-refractivity contribution >= 4 is 23.0 Å². The van der Waals surface area contributed by atoms with E-state index in [-0.39, 0.29) is 5.91 Å². The number of methoxy groups -OCH3 is 2. The minimum Gasteiger partial charge on any atom is -0.493 e. The first-order chi connectivity index (χ1) is 14.0. The van der Waals surface area contributed by atoms with Crippen LogP contribution in [0, 0.1) is 6.92 Å². The summed E-state index contributed by atoms with van der Waals surface area (Å²) in [4.78, 5) is 19.1. The van der Waals surface area contributed by atoms with E-state index in [2.05, 4.69) is 10.3 Å². The molecule has 0 saturated carbocycles. The Kier molecular flexibility index (Phi) is 6.34. The zero-order chi connectivity index (χ0) is 20.8. The van der Waals surface area contributed by atoms with Crippen molar-refractivity contribution in [2.24, 2.45) is 0 Å². The molecule has 0 spiro atoms. The van der Waals surface area contributed by atoms with Crippen LogP contribution >= 0.6 is 0 Å². The number of carbonyl (C=O) groups excluding carboxylic acids is 1. The van der Waals surface area contributed by atoms with Crippen molar-refractivity contribution < 1.29 is 14.3 Å². The van der Waals surface area contributed by atoms with E-state index >= 15 is 0 Å². The maximum Gasteiger partial charge on any atom is 0.276 e. The standard InChI is InChI=1S/C23H25N3O3/c1-5-26(19-8-6-7-16(2)13-19)23(27)20-14-18(11-12-24-20)25-17-9-10-21(28-3)22(15-17)29-4/h6-15H,5H2,1-4H3,(H,24,25). The molecule has 0 atom stereocenters. The van der Waals surface area contributed by atoms with Gasteiger partial charge in [0.15, 0.2) is 11.5 Å². The number of nitrogens with one attached hydrogen (secondary N) is 1. The number of benzene rings is 2. The molecule has 0 saturated heterocycles. The molecule has 2 aromatic carbocycles. The molecule has 1 N–H and O–H groups in total. The molecule has 3 rings (SSSR count). The monoisotopic (exact) mass is 391 g/mol. The van der Waals surface area contributed by atoms with Crippen molar-refractivity contribution in [1.82, 2.24) is 4.98 Å². The van der Waals surface area contributed by atoms with Gasteiger partial charge in [0.25, 0.3) is 5.91 Å². The Morgan fingerprint density at radius 1 is 1.00 bits per heavy atom. The van der Waals surface area contributed by atoms with Crippen molar-refractivity contribution in [2.45, 2.75) is 13.8 Å². The Hall–Kier alpha value is -3.54. The number of pyridine rings is 1. The lowest BCUT2D eigenvalue weighted by atomic mass is 10.2. The Morgan fingerprint density at radius 3 is 2.45 bits per heavy atom. The fourth-order valence-electron chi connectivity index (χ4n) is 3.08. The first-order valence-electron chi connectivity index (χ1n) is 9.39. The molecule has 0 radical (unpaired) electrons. The molecule has 0 aliphatic carbocycles. The molecule has 1 aromatic heterocycles. The third kappa shape index (κ3) is 4.66. The van der Waals surface area contributed by atoms with Crippen LogP contribution in [0.4, 0.5) is 17.1 Å². The maximum atomic E-state index is 13.1. The van der Waals surface area contributed by atoms with Crippen molar-refractivity contribution in [3.8, 4) is 11.5 Å². The molecule has 29 heavy (non-hydrogen) atoms. The van der Waals surface area contributed by atoms with E-state index in [4.69, 9.17) is 9.47 Å². The Labute approximate surface area is 171 Å². The molecule has 0 aliphatic heterocycles. The fourth-order valence-corrected chi connectivity index (χ4v) is 3.08. The van der Waals surface area contributed by atoms with Gasteiger partial charge in [0, 0.05) is 35.9 Å². The second kappa shape index (κ2) is 9.10. The van der Waals surface area contributed by atoms with Gasteiger partial charge < -0.3 is 19.7 Å². The van der Waals surface area contributed by atoms with Gasteiger partial charge >= 0.3 is 0 Å². The summed E-state index contributed by atoms with van der Waals surface area (Å²) >= 11 is 0. The highest BCUT2D eigenvalue weighted by atomic mass is 16.5. The van der Waals surface area contributed by atoms with Crippen LogP contribution in [0.1, 0.15) is 23.0 Å². The average molecular weight is 391 g/mol. The Bertz CT molecular complexity index is 1000. The van der Waals surface area contributed by atoms with Gasteiger partial charge in [-0.15, -0.1) is 0 Å². The highest BCUT2D eigenvalue weighted by molar-refractivity contribution is 6.05. The third-order valence-electron chi connectivity index (χ3n) is 4.53. The maximum absolute atomic E-state index is 13.1. The largest absolute Gasteiger partial charge is 0.493 e. The number of rotatable bonds is 7. The van der Waals surface area contributed by atoms with E-state index < -0.39 is 0 Å². The third-order valence-corrected chi connectivity index (χ3v) is 4.53. The van der Waals surface area contributed by atoms with Gasteiger partial charge in [0.2, 0.25) is 0 Å². The lowest BCUT2D eigenvalue weighted by Crippen LogP contribution is -2.31. The van der Waals surface area contributed by atoms with Crippen LogP contribution < -0.4 is 19.7 Å². The number of hydrogen-bond acceptors (Lipinski definition) is 5. The first kappa shape index (κ1) is 20.2. The molecule has 150 valence electrons. The molecule has 6 heteroatoms. The minimum absolute atomic E-state index is 0.144. The SMILES string of the molecule is CCN(C(=O)c1cc(Nc2ccc(OC)c(OC)c2)ccn1)c1cccc(C)c1. The Balaban J connectivity index is 1.84. The van der Waals surface area contributed by atoms with Crippen LogP contribution in [0.15, 0.2) is 60.8 Å². The number of amides is 1. The zero-order valence-electron chi connectivity index (χ0n) is 17.1. The molecule has 6 nitrogen and oxygen atoms in total. The van der Waals surface area contributed by atoms with E-state index in [1.54, 1.807) is 31.4 Å². The van der Waals surface area contributed by atoms with Crippen LogP contribution in [0.3, 0.4) is 0 Å². The molecule has 3 aromatic rings. The topological polar surface area (TPSA) is 63.7 Å². The van der Waals surface area contributed by atoms with Crippen LogP contribution in [0.25, 0.3) is 0 Å². The van der Waals surface area contributed by atoms with Crippen molar-refractivity contribution in [3.05, 3.63) is 72.1 Å². The van der Waals surface area contributed by atoms with Gasteiger partial charge in [-0.05, 0) is 55.8 Å². The number of anilines is 3. The Morgan fingerprint density at radius 2 is 1.76 bits per heavy atom. The van der Waals surface area contributed by atoms with Crippen LogP contribution in [-0.2, 0) is 0 Å². The van der Waals surface area contributed by atoms with Gasteiger partial charge in [0.05, 0.1) is 14.2 Å². The summed E-state index contributed by atoms with van der Waals surface area (Å²) in [7, 11) is 3.19. The molecule has 1 heterocycles. The van der Waals surface area contributed by atoms with Gasteiger partial charge in [-0.1, -0.05) is 12.1 Å². The van der Waals surface area contributed by atoms with E-state index in [1.807, 2.05) is 62.4 Å². The molecule has 1 amide bonds. The lowest BCUT2D eigenvalue weighted by Gasteiger charge is -2.21. The van der Waals surface area contributed by atoms with Crippen molar-refractivity contribution in [1.29, 1.82) is 0 Å². The summed E-state index contributed by atoms with van der Waals surface area (Å²) < 4.78 is 10.6. The van der Waals surface area contributed by atoms with Gasteiger partial charge in [-0.2, -0.15) is 0 Å². The average Bonchev–Trinajstić information content (AvgIpc) is 2.74. The summed E-state index contributed by atoms with van der Waals surface area (Å²) in [5.41, 5.74) is 3.91. The van der Waals surface area contributed by atoms with E-state index in [9.17, 15) is 4.79 Å². The van der Waals surface area contributed by atoms with Gasteiger partial charge in [-0.3, -0.25) is 9.78 Å². The van der Waals surface area contributed by atoms with Crippen LogP contribution in [-0.4, -0.2) is 31.7 Å². The van der Waals surface area contributed by atoms with Crippen LogP contribution in [0.2, 0.25) is 0 Å². The summed E-state index contributed by atoms with van der Waals surface area (Å²) in [5, 5.41) is 3.28. The highest BCUT2D eigenvalue weighted by Gasteiger charge is 2.18. The summed E-state index contributed by atoms with van der Waals surface area (Å²) in [6.45, 7) is 4.51. The predicted molar refractivity (Wildman–Crippen MR) is 116 cm³/mol. The normalized spacial score (nSPS) is 10.3. The van der Waals surface area contributed by atoms with E-state index in [0.29, 0.717) is 23.7 Å². The second-order valence-corrected chi connectivity index (χ2v) is 6.51. The highest BCUT2D eigenvalue weighted by Crippen LogP contribution is 2.31. The predicted octanol–water partition coefficient (Wildman–Crippen LogP) is 4.82. The number of aryl methyl sites for hydroxylation is 1. The smallest absolute Gasteiger partial charge is 0.276 e. The van der Waals surface area contributed by atoms with E-state index in [0.717, 1.165) is 22.6 Å².